The number of hydrogen-bond donors (Lipinski definition) is 2. The lowest BCUT2D eigenvalue weighted by molar-refractivity contribution is -0.111. The number of aromatic amines is 2. The van der Waals surface area contributed by atoms with E-state index < -0.39 is 11.6 Å². The minimum atomic E-state index is -0.421. The molecule has 2 aliphatic heterocycles. The van der Waals surface area contributed by atoms with Gasteiger partial charge in [0, 0.05) is 48.3 Å². The van der Waals surface area contributed by atoms with E-state index in [0.29, 0.717) is 16.2 Å². The number of fused-ring (bicyclic) bond motifs is 2. The summed E-state index contributed by atoms with van der Waals surface area (Å²) < 4.78 is 6.69. The molecule has 2 aromatic carbocycles. The first kappa shape index (κ1) is 20.6. The van der Waals surface area contributed by atoms with E-state index in [1.807, 2.05) is 18.3 Å². The maximum Gasteiger partial charge on any atom is 0.243 e. The van der Waals surface area contributed by atoms with Gasteiger partial charge in [-0.1, -0.05) is 48.5 Å². The zero-order valence-electron chi connectivity index (χ0n) is 18.2. The van der Waals surface area contributed by atoms with Gasteiger partial charge in [-0.2, -0.15) is 0 Å². The van der Waals surface area contributed by atoms with Crippen LogP contribution >= 0.6 is 11.8 Å². The third kappa shape index (κ3) is 3.65. The summed E-state index contributed by atoms with van der Waals surface area (Å²) in [5.41, 5.74) is 4.54. The first-order valence-corrected chi connectivity index (χ1v) is 12.4. The number of allylic oxidation sites excluding steroid dienone is 1. The lowest BCUT2D eigenvalue weighted by atomic mass is 9.87. The molecule has 0 unspecified atom stereocenters. The second-order valence-corrected chi connectivity index (χ2v) is 10.2. The van der Waals surface area contributed by atoms with Gasteiger partial charge in [0.1, 0.15) is 16.3 Å². The van der Waals surface area contributed by atoms with Gasteiger partial charge in [0.05, 0.1) is 5.69 Å². The summed E-state index contributed by atoms with van der Waals surface area (Å²) in [5.74, 6) is 0.573. The Morgan fingerprint density at radius 2 is 1.67 bits per heavy atom. The Kier molecular flexibility index (Phi) is 5.03. The van der Waals surface area contributed by atoms with Crippen LogP contribution in [0.5, 0.6) is 0 Å². The highest BCUT2D eigenvalue weighted by Gasteiger charge is 2.43. The lowest BCUT2D eigenvalue weighted by Gasteiger charge is -2.42. The average molecular weight is 460 g/mol. The number of aromatic nitrogens is 2. The number of nitrogens with zero attached hydrogens (tertiary/aromatic N) is 1. The number of H-pyrrole nitrogens is 2. The van der Waals surface area contributed by atoms with Crippen molar-refractivity contribution in [1.29, 1.82) is 0 Å². The number of Topliss-reactive ketones (excluding diaryl/α,β-unsaturated/α-hetero) is 2. The van der Waals surface area contributed by atoms with Gasteiger partial charge in [-0.15, -0.1) is 11.8 Å². The van der Waals surface area contributed by atoms with Gasteiger partial charge >= 0.3 is 0 Å². The molecule has 0 amide bonds. The van der Waals surface area contributed by atoms with Crippen LogP contribution in [0.1, 0.15) is 40.7 Å². The topological polar surface area (TPSA) is 78.2 Å². The number of ketones is 2. The summed E-state index contributed by atoms with van der Waals surface area (Å²) in [5, 5.41) is 6.00. The molecule has 0 bridgehead atoms. The number of ether oxygens (including phenoxy) is 1. The summed E-state index contributed by atoms with van der Waals surface area (Å²) in [6.45, 7) is 2.81. The van der Waals surface area contributed by atoms with Crippen LogP contribution < -0.4 is 0 Å². The lowest BCUT2D eigenvalue weighted by Crippen LogP contribution is -2.45. The van der Waals surface area contributed by atoms with Crippen LogP contribution in [0.3, 0.4) is 0 Å². The Labute approximate surface area is 196 Å². The van der Waals surface area contributed by atoms with Crippen molar-refractivity contribution in [2.45, 2.75) is 31.4 Å². The molecule has 0 atom stereocenters. The summed E-state index contributed by atoms with van der Waals surface area (Å²) in [7, 11) is 0. The summed E-state index contributed by atoms with van der Waals surface area (Å²) in [4.78, 5) is 28.3. The zero-order valence-corrected chi connectivity index (χ0v) is 19.0. The summed E-state index contributed by atoms with van der Waals surface area (Å²) in [6.07, 6.45) is 4.66. The standard InChI is InChI=1S/C26H25N3O3S/c30-22-19-3-1-2-4-20(19)24-25(23(22)31)33-14-11-26(32-24)9-12-29(13-10-26)16-17-5-7-18(8-6-17)21-15-27-28-21/h1-8,15,27-28H,9-14,16H2. The van der Waals surface area contributed by atoms with Gasteiger partial charge in [0.2, 0.25) is 11.6 Å². The van der Waals surface area contributed by atoms with E-state index in [1.165, 1.54) is 22.9 Å². The predicted molar refractivity (Wildman–Crippen MR) is 129 cm³/mol. The van der Waals surface area contributed by atoms with Crippen molar-refractivity contribution in [1.82, 2.24) is 15.1 Å². The molecule has 1 fully saturated rings. The largest absolute Gasteiger partial charge is 0.485 e. The van der Waals surface area contributed by atoms with Crippen LogP contribution in [0.25, 0.3) is 17.0 Å². The number of rotatable bonds is 3. The first-order chi connectivity index (χ1) is 16.1. The van der Waals surface area contributed by atoms with Crippen molar-refractivity contribution in [3.63, 3.8) is 0 Å². The zero-order chi connectivity index (χ0) is 22.4. The van der Waals surface area contributed by atoms with Crippen molar-refractivity contribution < 1.29 is 14.3 Å². The van der Waals surface area contributed by atoms with Gasteiger partial charge < -0.3 is 9.84 Å². The Morgan fingerprint density at radius 1 is 0.939 bits per heavy atom. The molecule has 168 valence electrons. The SMILES string of the molecule is O=C1C(=O)c2ccccc2C2=C1SCCC1(CCN(Cc3ccc(-c4c[nH][nH]4)cc3)CC1)O2. The molecule has 7 heteroatoms. The number of carbonyl (C=O) groups is 2. The van der Waals surface area contributed by atoms with Crippen molar-refractivity contribution in [2.75, 3.05) is 18.8 Å². The first-order valence-electron chi connectivity index (χ1n) is 11.4. The fraction of sp³-hybridized carbons (Fsp3) is 0.308. The van der Waals surface area contributed by atoms with E-state index in [0.717, 1.165) is 55.9 Å². The summed E-state index contributed by atoms with van der Waals surface area (Å²) >= 11 is 1.48. The van der Waals surface area contributed by atoms with Crippen molar-refractivity contribution in [3.05, 3.63) is 76.3 Å². The van der Waals surface area contributed by atoms with E-state index in [2.05, 4.69) is 39.4 Å². The Hall–Kier alpha value is -3.03. The quantitative estimate of drug-likeness (QED) is 0.559. The molecule has 0 saturated carbocycles. The van der Waals surface area contributed by atoms with Gasteiger partial charge in [-0.3, -0.25) is 19.6 Å². The number of hydrogen-bond acceptors (Lipinski definition) is 5. The van der Waals surface area contributed by atoms with E-state index in [-0.39, 0.29) is 5.60 Å². The molecule has 1 aliphatic carbocycles. The fourth-order valence-electron chi connectivity index (χ4n) is 4.99. The highest BCUT2D eigenvalue weighted by atomic mass is 32.2. The third-order valence-electron chi connectivity index (χ3n) is 7.02. The Morgan fingerprint density at radius 3 is 2.36 bits per heavy atom. The van der Waals surface area contributed by atoms with Crippen LogP contribution in [0.15, 0.2) is 59.6 Å². The molecule has 2 N–H and O–H groups in total. The van der Waals surface area contributed by atoms with Gasteiger partial charge in [0.25, 0.3) is 0 Å². The maximum atomic E-state index is 12.8. The van der Waals surface area contributed by atoms with Gasteiger partial charge in [0.15, 0.2) is 0 Å². The van der Waals surface area contributed by atoms with Crippen LogP contribution in [-0.4, -0.2) is 51.1 Å². The smallest absolute Gasteiger partial charge is 0.243 e. The number of nitrogens with one attached hydrogen (secondary N) is 2. The van der Waals surface area contributed by atoms with Crippen molar-refractivity contribution in [2.24, 2.45) is 0 Å². The van der Waals surface area contributed by atoms with Crippen molar-refractivity contribution in [3.8, 4) is 11.3 Å². The number of carbonyl (C=O) groups excluding carboxylic acids is 2. The normalized spacial score (nSPS) is 20.4. The number of benzene rings is 2. The number of piperidine rings is 1. The summed E-state index contributed by atoms with van der Waals surface area (Å²) in [6, 6.07) is 16.0. The van der Waals surface area contributed by atoms with Gasteiger partial charge in [-0.25, -0.2) is 0 Å². The maximum absolute atomic E-state index is 12.8. The average Bonchev–Trinajstić information content (AvgIpc) is 2.99. The van der Waals surface area contributed by atoms with E-state index >= 15 is 0 Å². The van der Waals surface area contributed by atoms with Crippen LogP contribution in [-0.2, 0) is 16.1 Å². The molecule has 3 heterocycles. The molecule has 3 aliphatic rings. The highest BCUT2D eigenvalue weighted by Crippen LogP contribution is 2.45. The molecule has 6 nitrogen and oxygen atoms in total. The van der Waals surface area contributed by atoms with E-state index in [4.69, 9.17) is 4.74 Å². The minimum Gasteiger partial charge on any atom is -0.485 e. The minimum absolute atomic E-state index is 0.284. The molecule has 3 aromatic rings. The fourth-order valence-corrected chi connectivity index (χ4v) is 6.17. The number of likely N-dealkylation sites (tertiary alicyclic amines) is 1. The van der Waals surface area contributed by atoms with Gasteiger partial charge in [-0.05, 0) is 24.8 Å². The molecule has 1 aromatic heterocycles. The molecule has 33 heavy (non-hydrogen) atoms. The Balaban J connectivity index is 1.17. The molecule has 1 saturated heterocycles. The van der Waals surface area contributed by atoms with Crippen LogP contribution in [0.2, 0.25) is 0 Å². The van der Waals surface area contributed by atoms with Crippen molar-refractivity contribution >= 4 is 29.1 Å². The molecular weight excluding hydrogens is 434 g/mol. The van der Waals surface area contributed by atoms with E-state index in [9.17, 15) is 9.59 Å². The Bertz CT molecular complexity index is 1240. The molecular formula is C26H25N3O3S. The van der Waals surface area contributed by atoms with Crippen LogP contribution in [0.4, 0.5) is 0 Å². The van der Waals surface area contributed by atoms with E-state index in [1.54, 1.807) is 12.1 Å². The molecule has 0 radical (unpaired) electrons. The second kappa shape index (κ2) is 8.08. The molecule has 1 spiro atoms. The third-order valence-corrected chi connectivity index (χ3v) is 8.09. The monoisotopic (exact) mass is 459 g/mol. The second-order valence-electron chi connectivity index (χ2n) is 9.05. The van der Waals surface area contributed by atoms with Crippen LogP contribution in [0, 0.1) is 0 Å². The highest BCUT2D eigenvalue weighted by molar-refractivity contribution is 8.04. The molecule has 6 rings (SSSR count). The predicted octanol–water partition coefficient (Wildman–Crippen LogP) is 4.63. The number of thioether (sulfide) groups is 1.